The molecule has 0 radical (unpaired) electrons. The van der Waals surface area contributed by atoms with Crippen molar-refractivity contribution >= 4 is 33.2 Å². The molecule has 0 atom stereocenters. The van der Waals surface area contributed by atoms with Crippen LogP contribution in [-0.4, -0.2) is 18.1 Å². The molecule has 5 nitrogen and oxygen atoms in total. The number of rotatable bonds is 2. The summed E-state index contributed by atoms with van der Waals surface area (Å²) in [5, 5.41) is 0.815. The van der Waals surface area contributed by atoms with E-state index in [1.807, 2.05) is 19.1 Å². The van der Waals surface area contributed by atoms with Gasteiger partial charge in [0, 0.05) is 16.6 Å². The first-order chi connectivity index (χ1) is 11.6. The van der Waals surface area contributed by atoms with Crippen molar-refractivity contribution in [1.82, 2.24) is 4.98 Å². The Morgan fingerprint density at radius 2 is 2.12 bits per heavy atom. The van der Waals surface area contributed by atoms with Crippen LogP contribution in [0.25, 0.3) is 21.5 Å². The van der Waals surface area contributed by atoms with Gasteiger partial charge >= 0.3 is 5.97 Å². The number of fused-ring (bicyclic) bond motifs is 2. The van der Waals surface area contributed by atoms with Crippen molar-refractivity contribution in [1.29, 1.82) is 0 Å². The summed E-state index contributed by atoms with van der Waals surface area (Å²) in [6.07, 6.45) is 4.16. The third-order valence-electron chi connectivity index (χ3n) is 4.51. The van der Waals surface area contributed by atoms with Gasteiger partial charge in [-0.25, -0.2) is 9.78 Å². The van der Waals surface area contributed by atoms with E-state index in [9.17, 15) is 4.79 Å². The Morgan fingerprint density at radius 1 is 1.33 bits per heavy atom. The van der Waals surface area contributed by atoms with Crippen molar-refractivity contribution < 1.29 is 13.9 Å². The number of nitrogens with zero attached hydrogens (tertiary/aromatic N) is 1. The molecule has 0 fully saturated rings. The molecular weight excluding hydrogens is 324 g/mol. The number of anilines is 1. The van der Waals surface area contributed by atoms with Gasteiger partial charge in [0.15, 0.2) is 0 Å². The molecule has 2 N–H and O–H groups in total. The van der Waals surface area contributed by atoms with E-state index in [-0.39, 0.29) is 0 Å². The van der Waals surface area contributed by atoms with Crippen LogP contribution in [0.5, 0.6) is 0 Å². The van der Waals surface area contributed by atoms with Gasteiger partial charge < -0.3 is 14.9 Å². The van der Waals surface area contributed by atoms with Crippen LogP contribution in [0.15, 0.2) is 16.5 Å². The molecular formula is C18H18N2O3S. The second-order valence-corrected chi connectivity index (χ2v) is 7.05. The number of ether oxygens (including phenoxy) is 1. The third kappa shape index (κ3) is 2.21. The van der Waals surface area contributed by atoms with Gasteiger partial charge in [-0.2, -0.15) is 0 Å². The van der Waals surface area contributed by atoms with Crippen molar-refractivity contribution in [3.05, 3.63) is 34.0 Å². The molecule has 6 heteroatoms. The summed E-state index contributed by atoms with van der Waals surface area (Å²) in [5.74, 6) is 1.22. The number of nitrogens with two attached hydrogens (primary N) is 1. The summed E-state index contributed by atoms with van der Waals surface area (Å²) in [5.41, 5.74) is 10.0. The average Bonchev–Trinajstić information content (AvgIpc) is 3.16. The summed E-state index contributed by atoms with van der Waals surface area (Å²) in [7, 11) is 1.36. The Labute approximate surface area is 143 Å². The summed E-state index contributed by atoms with van der Waals surface area (Å²) >= 11 is 1.29. The van der Waals surface area contributed by atoms with Crippen molar-refractivity contribution in [2.24, 2.45) is 0 Å². The molecule has 0 amide bonds. The van der Waals surface area contributed by atoms with Crippen LogP contribution in [0.2, 0.25) is 0 Å². The molecule has 3 heterocycles. The van der Waals surface area contributed by atoms with Crippen LogP contribution in [0.1, 0.15) is 39.5 Å². The fourth-order valence-electron chi connectivity index (χ4n) is 3.39. The number of carbonyl (C=O) groups excluding carboxylic acids is 1. The fraction of sp³-hybridized carbons (Fsp3) is 0.333. The van der Waals surface area contributed by atoms with Crippen LogP contribution in [0.4, 0.5) is 5.69 Å². The van der Waals surface area contributed by atoms with Gasteiger partial charge in [0.05, 0.1) is 12.8 Å². The zero-order valence-electron chi connectivity index (χ0n) is 13.6. The number of aromatic nitrogens is 1. The molecule has 1 aliphatic rings. The van der Waals surface area contributed by atoms with E-state index in [4.69, 9.17) is 19.9 Å². The van der Waals surface area contributed by atoms with E-state index in [0.29, 0.717) is 10.6 Å². The predicted molar refractivity (Wildman–Crippen MR) is 94.5 cm³/mol. The van der Waals surface area contributed by atoms with Gasteiger partial charge in [0.1, 0.15) is 21.2 Å². The minimum absolute atomic E-state index is 0.409. The Bertz CT molecular complexity index is 955. The van der Waals surface area contributed by atoms with Gasteiger partial charge in [-0.15, -0.1) is 11.3 Å². The average molecular weight is 342 g/mol. The second-order valence-electron chi connectivity index (χ2n) is 6.05. The number of aryl methyl sites for hydroxylation is 2. The van der Waals surface area contributed by atoms with Crippen LogP contribution in [-0.2, 0) is 17.6 Å². The fourth-order valence-corrected chi connectivity index (χ4v) is 4.43. The van der Waals surface area contributed by atoms with Crippen LogP contribution < -0.4 is 5.73 Å². The smallest absolute Gasteiger partial charge is 0.350 e. The van der Waals surface area contributed by atoms with Gasteiger partial charge in [0.25, 0.3) is 0 Å². The normalized spacial score (nSPS) is 13.9. The third-order valence-corrected chi connectivity index (χ3v) is 5.59. The minimum Gasteiger partial charge on any atom is -0.465 e. The Morgan fingerprint density at radius 3 is 2.83 bits per heavy atom. The number of nitrogen functional groups attached to an aromatic ring is 1. The summed E-state index contributed by atoms with van der Waals surface area (Å²) < 4.78 is 10.8. The van der Waals surface area contributed by atoms with Crippen LogP contribution >= 0.6 is 11.3 Å². The lowest BCUT2D eigenvalue weighted by Crippen LogP contribution is -2.08. The van der Waals surface area contributed by atoms with Gasteiger partial charge in [-0.3, -0.25) is 0 Å². The maximum Gasteiger partial charge on any atom is 0.350 e. The number of pyridine rings is 1. The molecule has 0 spiro atoms. The van der Waals surface area contributed by atoms with Crippen molar-refractivity contribution in [3.63, 3.8) is 0 Å². The number of thiophene rings is 1. The van der Waals surface area contributed by atoms with E-state index in [2.05, 4.69) is 0 Å². The summed E-state index contributed by atoms with van der Waals surface area (Å²) in [6, 6.07) is 3.91. The van der Waals surface area contributed by atoms with Gasteiger partial charge in [-0.1, -0.05) is 0 Å². The number of esters is 1. The number of carbonyl (C=O) groups is 1. The maximum atomic E-state index is 12.0. The molecule has 4 rings (SSSR count). The molecule has 0 aromatic carbocycles. The highest BCUT2D eigenvalue weighted by Gasteiger charge is 2.27. The molecule has 0 aliphatic heterocycles. The second kappa shape index (κ2) is 5.63. The highest BCUT2D eigenvalue weighted by Crippen LogP contribution is 2.44. The first kappa shape index (κ1) is 15.2. The van der Waals surface area contributed by atoms with Gasteiger partial charge in [0.2, 0.25) is 0 Å². The zero-order valence-corrected chi connectivity index (χ0v) is 14.5. The van der Waals surface area contributed by atoms with E-state index in [0.717, 1.165) is 58.7 Å². The number of methoxy groups -OCH3 is 1. The lowest BCUT2D eigenvalue weighted by Gasteiger charge is -2.18. The molecule has 3 aromatic heterocycles. The van der Waals surface area contributed by atoms with Crippen molar-refractivity contribution in [2.45, 2.75) is 32.6 Å². The highest BCUT2D eigenvalue weighted by molar-refractivity contribution is 7.21. The van der Waals surface area contributed by atoms with Gasteiger partial charge in [-0.05, 0) is 50.3 Å². The summed E-state index contributed by atoms with van der Waals surface area (Å²) in [6.45, 7) is 1.92. The molecule has 124 valence electrons. The first-order valence-corrected chi connectivity index (χ1v) is 8.80. The molecule has 0 unspecified atom stereocenters. The van der Waals surface area contributed by atoms with E-state index >= 15 is 0 Å². The number of furan rings is 1. The number of hydrogen-bond donors (Lipinski definition) is 1. The standard InChI is InChI=1S/C18H18N2O3S/c1-9-7-8-12(23-9)13-10-5-3-4-6-11(10)20-17-14(13)15(19)16(24-17)18(21)22-2/h7-8H,3-6,19H2,1-2H3. The van der Waals surface area contributed by atoms with E-state index in [1.165, 1.54) is 24.0 Å². The van der Waals surface area contributed by atoms with E-state index in [1.54, 1.807) is 0 Å². The van der Waals surface area contributed by atoms with Crippen molar-refractivity contribution in [2.75, 3.05) is 12.8 Å². The molecule has 0 bridgehead atoms. The lowest BCUT2D eigenvalue weighted by atomic mass is 9.89. The zero-order chi connectivity index (χ0) is 16.8. The molecule has 24 heavy (non-hydrogen) atoms. The minimum atomic E-state index is -0.421. The summed E-state index contributed by atoms with van der Waals surface area (Å²) in [4.78, 5) is 18.0. The Kier molecular flexibility index (Phi) is 3.57. The van der Waals surface area contributed by atoms with E-state index < -0.39 is 5.97 Å². The largest absolute Gasteiger partial charge is 0.465 e. The predicted octanol–water partition coefficient (Wildman–Crippen LogP) is 4.11. The maximum absolute atomic E-state index is 12.0. The van der Waals surface area contributed by atoms with Crippen LogP contribution in [0, 0.1) is 6.92 Å². The Hall–Kier alpha value is -2.34. The SMILES string of the molecule is COC(=O)c1sc2nc3c(c(-c4ccc(C)o4)c2c1N)CCCC3. The molecule has 3 aromatic rings. The lowest BCUT2D eigenvalue weighted by molar-refractivity contribution is 0.0607. The molecule has 1 aliphatic carbocycles. The molecule has 0 saturated heterocycles. The number of hydrogen-bond acceptors (Lipinski definition) is 6. The monoisotopic (exact) mass is 342 g/mol. The first-order valence-electron chi connectivity index (χ1n) is 7.99. The Balaban J connectivity index is 2.09. The van der Waals surface area contributed by atoms with Crippen molar-refractivity contribution in [3.8, 4) is 11.3 Å². The molecule has 0 saturated carbocycles. The highest BCUT2D eigenvalue weighted by atomic mass is 32.1. The quantitative estimate of drug-likeness (QED) is 0.709. The van der Waals surface area contributed by atoms with Crippen LogP contribution in [0.3, 0.4) is 0 Å². The topological polar surface area (TPSA) is 78.3 Å².